The lowest BCUT2D eigenvalue weighted by molar-refractivity contribution is -0.140. The molecule has 1 saturated heterocycles. The van der Waals surface area contributed by atoms with Gasteiger partial charge in [0.05, 0.1) is 0 Å². The van der Waals surface area contributed by atoms with Crippen LogP contribution >= 0.6 is 0 Å². The van der Waals surface area contributed by atoms with E-state index in [0.29, 0.717) is 12.3 Å². The number of carbonyl (C=O) groups excluding carboxylic acids is 1. The highest BCUT2D eigenvalue weighted by Gasteiger charge is 2.28. The number of nitrogens with zero attached hydrogens (tertiary/aromatic N) is 1. The Morgan fingerprint density at radius 1 is 1.26 bits per heavy atom. The van der Waals surface area contributed by atoms with Crippen LogP contribution in [0.4, 0.5) is 0 Å². The number of hydrogen-bond acceptors (Lipinski definition) is 2. The second-order valence-electron chi connectivity index (χ2n) is 6.52. The number of carbonyl (C=O) groups is 1. The fraction of sp³-hybridized carbons (Fsp3) is 0.450. The summed E-state index contributed by atoms with van der Waals surface area (Å²) >= 11 is 0. The van der Waals surface area contributed by atoms with Crippen LogP contribution in [0.15, 0.2) is 42.5 Å². The molecule has 23 heavy (non-hydrogen) atoms. The minimum Gasteiger partial charge on any atom is -0.480 e. The van der Waals surface area contributed by atoms with Gasteiger partial charge in [-0.3, -0.25) is 4.79 Å². The van der Waals surface area contributed by atoms with Crippen molar-refractivity contribution >= 4 is 16.7 Å². The summed E-state index contributed by atoms with van der Waals surface area (Å²) in [6, 6.07) is 14.1. The van der Waals surface area contributed by atoms with Crippen LogP contribution in [0.3, 0.4) is 0 Å². The molecule has 1 aliphatic heterocycles. The minimum atomic E-state index is -0.397. The molecule has 2 aromatic rings. The highest BCUT2D eigenvalue weighted by Crippen LogP contribution is 2.27. The van der Waals surface area contributed by atoms with Crippen molar-refractivity contribution in [1.29, 1.82) is 0 Å². The Morgan fingerprint density at radius 2 is 2.04 bits per heavy atom. The fourth-order valence-corrected chi connectivity index (χ4v) is 3.35. The van der Waals surface area contributed by atoms with E-state index in [1.165, 1.54) is 6.42 Å². The van der Waals surface area contributed by atoms with Crippen LogP contribution in [0.2, 0.25) is 0 Å². The van der Waals surface area contributed by atoms with E-state index >= 15 is 0 Å². The van der Waals surface area contributed by atoms with Crippen LogP contribution in [0.5, 0.6) is 5.75 Å². The maximum absolute atomic E-state index is 12.8. The molecule has 0 saturated carbocycles. The lowest BCUT2D eigenvalue weighted by Crippen LogP contribution is -2.46. The van der Waals surface area contributed by atoms with Gasteiger partial charge in [-0.05, 0) is 36.6 Å². The Kier molecular flexibility index (Phi) is 4.85. The maximum atomic E-state index is 12.8. The third-order valence-electron chi connectivity index (χ3n) is 4.63. The third kappa shape index (κ3) is 3.49. The van der Waals surface area contributed by atoms with E-state index in [2.05, 4.69) is 19.1 Å². The molecule has 0 aromatic heterocycles. The highest BCUT2D eigenvalue weighted by atomic mass is 16.5. The molecule has 3 nitrogen and oxygen atoms in total. The molecule has 2 aromatic carbocycles. The van der Waals surface area contributed by atoms with Crippen molar-refractivity contribution in [3.8, 4) is 5.75 Å². The first kappa shape index (κ1) is 15.9. The number of benzene rings is 2. The lowest BCUT2D eigenvalue weighted by atomic mass is 9.99. The van der Waals surface area contributed by atoms with Crippen LogP contribution in [0.25, 0.3) is 10.8 Å². The molecular weight excluding hydrogens is 286 g/mol. The lowest BCUT2D eigenvalue weighted by Gasteiger charge is -2.33. The van der Waals surface area contributed by atoms with Crippen LogP contribution < -0.4 is 4.74 Å². The Bertz CT molecular complexity index is 677. The standard InChI is InChI=1S/C20H25NO2/c1-3-18(20(22)21-13-7-8-15(2)14-21)23-19-12-6-10-16-9-4-5-11-17(16)19/h4-6,9-12,15,18H,3,7-8,13-14H2,1-2H3. The monoisotopic (exact) mass is 311 g/mol. The largest absolute Gasteiger partial charge is 0.480 e. The van der Waals surface area contributed by atoms with Gasteiger partial charge in [0.25, 0.3) is 5.91 Å². The summed E-state index contributed by atoms with van der Waals surface area (Å²) in [5.41, 5.74) is 0. The average Bonchev–Trinajstić information content (AvgIpc) is 2.59. The van der Waals surface area contributed by atoms with Gasteiger partial charge >= 0.3 is 0 Å². The van der Waals surface area contributed by atoms with E-state index in [9.17, 15) is 4.79 Å². The van der Waals surface area contributed by atoms with E-state index < -0.39 is 6.10 Å². The first-order chi connectivity index (χ1) is 11.2. The second kappa shape index (κ2) is 7.03. The zero-order chi connectivity index (χ0) is 16.2. The number of hydrogen-bond donors (Lipinski definition) is 0. The van der Waals surface area contributed by atoms with Gasteiger partial charge < -0.3 is 9.64 Å². The number of amides is 1. The molecular formula is C20H25NO2. The Hall–Kier alpha value is -2.03. The third-order valence-corrected chi connectivity index (χ3v) is 4.63. The molecule has 0 bridgehead atoms. The number of rotatable bonds is 4. The molecule has 122 valence electrons. The van der Waals surface area contributed by atoms with Gasteiger partial charge in [0.2, 0.25) is 0 Å². The van der Waals surface area contributed by atoms with Gasteiger partial charge in [-0.1, -0.05) is 50.2 Å². The SMILES string of the molecule is CCC(Oc1cccc2ccccc12)C(=O)N1CCCC(C)C1. The quantitative estimate of drug-likeness (QED) is 0.844. The smallest absolute Gasteiger partial charge is 0.263 e. The number of ether oxygens (including phenoxy) is 1. The first-order valence-corrected chi connectivity index (χ1v) is 8.62. The van der Waals surface area contributed by atoms with Crippen molar-refractivity contribution in [1.82, 2.24) is 4.90 Å². The Morgan fingerprint density at radius 3 is 2.83 bits per heavy atom. The van der Waals surface area contributed by atoms with Gasteiger partial charge in [0, 0.05) is 18.5 Å². The van der Waals surface area contributed by atoms with Crippen molar-refractivity contribution in [3.63, 3.8) is 0 Å². The fourth-order valence-electron chi connectivity index (χ4n) is 3.35. The molecule has 0 spiro atoms. The topological polar surface area (TPSA) is 29.5 Å². The number of fused-ring (bicyclic) bond motifs is 1. The van der Waals surface area contributed by atoms with E-state index in [4.69, 9.17) is 4.74 Å². The van der Waals surface area contributed by atoms with E-state index in [0.717, 1.165) is 36.0 Å². The first-order valence-electron chi connectivity index (χ1n) is 8.62. The molecule has 3 rings (SSSR count). The van der Waals surface area contributed by atoms with E-state index in [1.54, 1.807) is 0 Å². The predicted octanol–water partition coefficient (Wildman–Crippen LogP) is 4.26. The summed E-state index contributed by atoms with van der Waals surface area (Å²) in [5.74, 6) is 1.52. The zero-order valence-corrected chi connectivity index (χ0v) is 14.0. The molecule has 3 heteroatoms. The van der Waals surface area contributed by atoms with Gasteiger partial charge in [0.15, 0.2) is 6.10 Å². The summed E-state index contributed by atoms with van der Waals surface area (Å²) in [5, 5.41) is 2.20. The normalized spacial score (nSPS) is 19.6. The minimum absolute atomic E-state index is 0.131. The van der Waals surface area contributed by atoms with E-state index in [-0.39, 0.29) is 5.91 Å². The van der Waals surface area contributed by atoms with Gasteiger partial charge in [-0.15, -0.1) is 0 Å². The molecule has 0 N–H and O–H groups in total. The summed E-state index contributed by atoms with van der Waals surface area (Å²) in [6.45, 7) is 5.94. The second-order valence-corrected chi connectivity index (χ2v) is 6.52. The summed E-state index contributed by atoms with van der Waals surface area (Å²) in [6.07, 6.45) is 2.60. The van der Waals surface area contributed by atoms with Crippen LogP contribution in [0, 0.1) is 5.92 Å². The van der Waals surface area contributed by atoms with Gasteiger partial charge in [-0.2, -0.15) is 0 Å². The molecule has 2 unspecified atom stereocenters. The molecule has 1 heterocycles. The maximum Gasteiger partial charge on any atom is 0.263 e. The van der Waals surface area contributed by atoms with Crippen molar-refractivity contribution in [2.45, 2.75) is 39.2 Å². The van der Waals surface area contributed by atoms with Crippen LogP contribution in [0.1, 0.15) is 33.1 Å². The molecule has 0 radical (unpaired) electrons. The van der Waals surface area contributed by atoms with Crippen molar-refractivity contribution in [3.05, 3.63) is 42.5 Å². The van der Waals surface area contributed by atoms with Gasteiger partial charge in [-0.25, -0.2) is 0 Å². The summed E-state index contributed by atoms with van der Waals surface area (Å²) in [4.78, 5) is 14.8. The number of likely N-dealkylation sites (tertiary alicyclic amines) is 1. The molecule has 1 aliphatic rings. The summed E-state index contributed by atoms with van der Waals surface area (Å²) in [7, 11) is 0. The van der Waals surface area contributed by atoms with E-state index in [1.807, 2.05) is 42.2 Å². The molecule has 2 atom stereocenters. The zero-order valence-electron chi connectivity index (χ0n) is 14.0. The van der Waals surface area contributed by atoms with Crippen molar-refractivity contribution in [2.24, 2.45) is 5.92 Å². The summed E-state index contributed by atoms with van der Waals surface area (Å²) < 4.78 is 6.14. The van der Waals surface area contributed by atoms with Gasteiger partial charge in [0.1, 0.15) is 5.75 Å². The Balaban J connectivity index is 1.79. The van der Waals surface area contributed by atoms with Crippen molar-refractivity contribution < 1.29 is 9.53 Å². The highest BCUT2D eigenvalue weighted by molar-refractivity contribution is 5.89. The van der Waals surface area contributed by atoms with Crippen LogP contribution in [-0.4, -0.2) is 30.0 Å². The van der Waals surface area contributed by atoms with Crippen LogP contribution in [-0.2, 0) is 4.79 Å². The molecule has 0 aliphatic carbocycles. The molecule has 1 fully saturated rings. The number of piperidine rings is 1. The van der Waals surface area contributed by atoms with Crippen molar-refractivity contribution in [2.75, 3.05) is 13.1 Å². The molecule has 1 amide bonds. The Labute approximate surface area is 138 Å². The average molecular weight is 311 g/mol. The predicted molar refractivity (Wildman–Crippen MR) is 93.6 cm³/mol.